The van der Waals surface area contributed by atoms with Crippen molar-refractivity contribution in [3.05, 3.63) is 59.1 Å². The van der Waals surface area contributed by atoms with Gasteiger partial charge in [-0.2, -0.15) is 0 Å². The molecule has 0 unspecified atom stereocenters. The highest BCUT2D eigenvalue weighted by atomic mass is 16.7. The molecule has 2 heterocycles. The molecule has 1 aromatic heterocycles. The number of benzene rings is 1. The lowest BCUT2D eigenvalue weighted by molar-refractivity contribution is -0.270. The summed E-state index contributed by atoms with van der Waals surface area (Å²) in [6, 6.07) is 6.34. The number of allylic oxidation sites excluding steroid dienone is 2. The molecule has 0 saturated carbocycles. The van der Waals surface area contributed by atoms with E-state index in [2.05, 4.69) is 10.3 Å². The topological polar surface area (TPSA) is 189 Å². The highest BCUT2D eigenvalue weighted by Gasteiger charge is 2.53. The molecule has 0 bridgehead atoms. The molecule has 1 aliphatic carbocycles. The first-order valence-corrected chi connectivity index (χ1v) is 12.7. The number of Topliss-reactive ketones (excluding diaryl/α,β-unsaturated/α-hetero) is 1. The molecule has 1 saturated heterocycles. The summed E-state index contributed by atoms with van der Waals surface area (Å²) in [5.74, 6) is -4.02. The molecule has 15 heteroatoms. The number of rotatable bonds is 9. The first-order chi connectivity index (χ1) is 19.9. The molecule has 0 spiro atoms. The predicted octanol–water partition coefficient (Wildman–Crippen LogP) is 1.01. The number of nitrogens with zero attached hydrogens (tertiary/aromatic N) is 3. The number of carbonyl (C=O) groups is 6. The van der Waals surface area contributed by atoms with Crippen LogP contribution >= 0.6 is 0 Å². The van der Waals surface area contributed by atoms with Gasteiger partial charge in [-0.15, -0.1) is 5.10 Å². The standard InChI is InChI=1S/C27H27N3O12/c1-13(31)37-12-22-24(39-14(2)32)25(40-15(3)33)26(41-16(4)34)27(42-22)30-10-17(28-29-30)11-38-21-9-20(35)18-7-5-6-8-19(18)23(21)36/h5-10,22,24-27H,11-12H2,1-4H3/t22-,24+,25-,26-,27+/m1/s1. The highest BCUT2D eigenvalue weighted by Crippen LogP contribution is 2.34. The van der Waals surface area contributed by atoms with Crippen LogP contribution in [0.5, 0.6) is 0 Å². The lowest BCUT2D eigenvalue weighted by atomic mass is 9.94. The third kappa shape index (κ3) is 6.86. The lowest BCUT2D eigenvalue weighted by Gasteiger charge is -2.44. The van der Waals surface area contributed by atoms with Crippen LogP contribution in [0.25, 0.3) is 0 Å². The van der Waals surface area contributed by atoms with Crippen LogP contribution < -0.4 is 0 Å². The molecular weight excluding hydrogens is 558 g/mol. The van der Waals surface area contributed by atoms with E-state index in [0.717, 1.165) is 38.5 Å². The predicted molar refractivity (Wildman–Crippen MR) is 135 cm³/mol. The fraction of sp³-hybridized carbons (Fsp3) is 0.407. The van der Waals surface area contributed by atoms with Gasteiger partial charge in [0.2, 0.25) is 5.78 Å². The normalized spacial score (nSPS) is 23.2. The van der Waals surface area contributed by atoms with Crippen LogP contribution in [-0.2, 0) is 54.2 Å². The summed E-state index contributed by atoms with van der Waals surface area (Å²) in [6.07, 6.45) is -4.16. The second-order valence-corrected chi connectivity index (χ2v) is 9.32. The second-order valence-electron chi connectivity index (χ2n) is 9.32. The number of carbonyl (C=O) groups excluding carboxylic acids is 6. The number of fused-ring (bicyclic) bond motifs is 1. The molecule has 0 amide bonds. The molecule has 0 N–H and O–H groups in total. The van der Waals surface area contributed by atoms with Gasteiger partial charge in [0.05, 0.1) is 6.20 Å². The molecule has 0 radical (unpaired) electrons. The molecule has 1 aromatic carbocycles. The van der Waals surface area contributed by atoms with Crippen molar-refractivity contribution in [1.29, 1.82) is 0 Å². The molecular formula is C27H27N3O12. The fourth-order valence-corrected chi connectivity index (χ4v) is 4.47. The SMILES string of the molecule is CC(=O)OC[C@H]1O[C@H](n2cc(COC3=CC(=O)c4ccccc4C3=O)nn2)[C@H](OC(C)=O)[C@H](OC(C)=O)[C@H]1OC(C)=O. The first kappa shape index (κ1) is 30.0. The number of aromatic nitrogens is 3. The zero-order valence-corrected chi connectivity index (χ0v) is 23.0. The van der Waals surface area contributed by atoms with E-state index >= 15 is 0 Å². The molecule has 2 aromatic rings. The van der Waals surface area contributed by atoms with Crippen LogP contribution in [0.1, 0.15) is 60.3 Å². The van der Waals surface area contributed by atoms with Crippen molar-refractivity contribution in [3.8, 4) is 0 Å². The van der Waals surface area contributed by atoms with Gasteiger partial charge < -0.3 is 28.4 Å². The van der Waals surface area contributed by atoms with Crippen molar-refractivity contribution in [3.63, 3.8) is 0 Å². The fourth-order valence-electron chi connectivity index (χ4n) is 4.47. The van der Waals surface area contributed by atoms with E-state index in [1.165, 1.54) is 12.3 Å². The van der Waals surface area contributed by atoms with Gasteiger partial charge in [-0.3, -0.25) is 28.8 Å². The Kier molecular flexibility index (Phi) is 9.10. The molecule has 15 nitrogen and oxygen atoms in total. The van der Waals surface area contributed by atoms with E-state index in [1.807, 2.05) is 0 Å². The maximum absolute atomic E-state index is 12.8. The Morgan fingerprint density at radius 3 is 2.12 bits per heavy atom. The van der Waals surface area contributed by atoms with Gasteiger partial charge in [-0.25, -0.2) is 4.68 Å². The third-order valence-corrected chi connectivity index (χ3v) is 6.08. The Morgan fingerprint density at radius 2 is 1.48 bits per heavy atom. The smallest absolute Gasteiger partial charge is 0.303 e. The molecule has 2 aliphatic rings. The Morgan fingerprint density at radius 1 is 0.857 bits per heavy atom. The summed E-state index contributed by atoms with van der Waals surface area (Å²) < 4.78 is 34.0. The summed E-state index contributed by atoms with van der Waals surface area (Å²) in [7, 11) is 0. The quantitative estimate of drug-likeness (QED) is 0.299. The largest absolute Gasteiger partial charge is 0.483 e. The van der Waals surface area contributed by atoms with Crippen molar-refractivity contribution >= 4 is 35.4 Å². The van der Waals surface area contributed by atoms with Crippen molar-refractivity contribution in [2.75, 3.05) is 6.61 Å². The van der Waals surface area contributed by atoms with E-state index < -0.39 is 66.9 Å². The number of ether oxygens (including phenoxy) is 6. The zero-order chi connectivity index (χ0) is 30.6. The van der Waals surface area contributed by atoms with Crippen molar-refractivity contribution in [1.82, 2.24) is 15.0 Å². The van der Waals surface area contributed by atoms with Crippen LogP contribution in [-0.4, -0.2) is 81.5 Å². The maximum atomic E-state index is 12.8. The Labute approximate surface area is 238 Å². The summed E-state index contributed by atoms with van der Waals surface area (Å²) in [6.45, 7) is 3.81. The minimum absolute atomic E-state index is 0.180. The van der Waals surface area contributed by atoms with E-state index in [0.29, 0.717) is 0 Å². The van der Waals surface area contributed by atoms with Crippen molar-refractivity contribution in [2.24, 2.45) is 0 Å². The molecule has 222 valence electrons. The first-order valence-electron chi connectivity index (χ1n) is 12.7. The average molecular weight is 586 g/mol. The van der Waals surface area contributed by atoms with Crippen LogP contribution in [0.2, 0.25) is 0 Å². The Balaban J connectivity index is 1.60. The molecule has 1 fully saturated rings. The summed E-state index contributed by atoms with van der Waals surface area (Å²) in [5.41, 5.74) is 0.661. The summed E-state index contributed by atoms with van der Waals surface area (Å²) in [4.78, 5) is 72.7. The minimum Gasteiger partial charge on any atom is -0.483 e. The van der Waals surface area contributed by atoms with E-state index in [1.54, 1.807) is 18.2 Å². The summed E-state index contributed by atoms with van der Waals surface area (Å²) >= 11 is 0. The van der Waals surface area contributed by atoms with Gasteiger partial charge in [-0.1, -0.05) is 29.5 Å². The highest BCUT2D eigenvalue weighted by molar-refractivity contribution is 6.23. The number of hydrogen-bond acceptors (Lipinski definition) is 14. The molecule has 5 atom stereocenters. The number of ketones is 2. The van der Waals surface area contributed by atoms with E-state index in [9.17, 15) is 28.8 Å². The van der Waals surface area contributed by atoms with Crippen LogP contribution in [0, 0.1) is 0 Å². The van der Waals surface area contributed by atoms with Crippen molar-refractivity contribution in [2.45, 2.75) is 64.9 Å². The lowest BCUT2D eigenvalue weighted by Crippen LogP contribution is -2.60. The number of esters is 4. The molecule has 42 heavy (non-hydrogen) atoms. The molecule has 4 rings (SSSR count). The maximum Gasteiger partial charge on any atom is 0.303 e. The van der Waals surface area contributed by atoms with Crippen LogP contribution in [0.3, 0.4) is 0 Å². The van der Waals surface area contributed by atoms with Gasteiger partial charge in [0, 0.05) is 44.9 Å². The zero-order valence-electron chi connectivity index (χ0n) is 23.0. The Bertz CT molecular complexity index is 1450. The molecule has 1 aliphatic heterocycles. The van der Waals surface area contributed by atoms with Gasteiger partial charge in [0.1, 0.15) is 25.0 Å². The van der Waals surface area contributed by atoms with Gasteiger partial charge in [0.25, 0.3) is 0 Å². The van der Waals surface area contributed by atoms with Gasteiger partial charge in [-0.05, 0) is 0 Å². The third-order valence-electron chi connectivity index (χ3n) is 6.08. The van der Waals surface area contributed by atoms with Crippen molar-refractivity contribution < 1.29 is 57.2 Å². The number of hydrogen-bond donors (Lipinski definition) is 0. The Hall–Kier alpha value is -4.92. The monoisotopic (exact) mass is 585 g/mol. The van der Waals surface area contributed by atoms with Gasteiger partial charge in [0.15, 0.2) is 36.1 Å². The van der Waals surface area contributed by atoms with Crippen LogP contribution in [0.15, 0.2) is 42.3 Å². The second kappa shape index (κ2) is 12.7. The van der Waals surface area contributed by atoms with Gasteiger partial charge >= 0.3 is 23.9 Å². The van der Waals surface area contributed by atoms with Crippen LogP contribution in [0.4, 0.5) is 0 Å². The van der Waals surface area contributed by atoms with E-state index in [-0.39, 0.29) is 35.0 Å². The average Bonchev–Trinajstić information content (AvgIpc) is 3.39. The summed E-state index contributed by atoms with van der Waals surface area (Å²) in [5, 5.41) is 8.00. The van der Waals surface area contributed by atoms with E-state index in [4.69, 9.17) is 28.4 Å². The minimum atomic E-state index is -1.39.